The number of imide groups is 1. The number of amides is 3. The number of aromatic nitrogens is 3. The van der Waals surface area contributed by atoms with Crippen LogP contribution in [0.4, 0.5) is 23.2 Å². The normalized spacial score (nSPS) is 18.1. The summed E-state index contributed by atoms with van der Waals surface area (Å²) in [6, 6.07) is 11.4. The highest BCUT2D eigenvalue weighted by atomic mass is 19.4. The third kappa shape index (κ3) is 6.57. The van der Waals surface area contributed by atoms with Gasteiger partial charge in [0.2, 0.25) is 11.8 Å². The molecule has 1 atom stereocenters. The Kier molecular flexibility index (Phi) is 8.47. The van der Waals surface area contributed by atoms with E-state index in [0.717, 1.165) is 43.6 Å². The average molecular weight is 639 g/mol. The molecule has 0 bridgehead atoms. The van der Waals surface area contributed by atoms with Gasteiger partial charge < -0.3 is 10.1 Å². The molecule has 1 unspecified atom stereocenters. The number of pyridine rings is 1. The average Bonchev–Trinajstić information content (AvgIpc) is 3.44. The molecule has 4 aromatic rings. The van der Waals surface area contributed by atoms with Gasteiger partial charge in [-0.25, -0.2) is 9.37 Å². The minimum absolute atomic E-state index is 0.0913. The number of anilines is 1. The van der Waals surface area contributed by atoms with Crippen molar-refractivity contribution >= 4 is 34.3 Å². The first-order chi connectivity index (χ1) is 22.0. The van der Waals surface area contributed by atoms with Gasteiger partial charge in [-0.1, -0.05) is 18.2 Å². The molecule has 46 heavy (non-hydrogen) atoms. The standard InChI is InChI=1S/C32H30F4N6O4/c1-46-27-15-25-19(14-26(27)38-31(45)24-3-2-4-28(37-24)32(34,35)36)17-42(40-25)20-9-11-41(12-10-20)16-18-5-6-21(23(33)13-18)22-7-8-29(43)39-30(22)44/h2-6,13-15,17,20,22H,7-12,16H2,1H3,(H,38,45)(H,39,43,44). The number of benzene rings is 2. The van der Waals surface area contributed by atoms with Crippen molar-refractivity contribution in [3.63, 3.8) is 0 Å². The number of nitrogens with zero attached hydrogens (tertiary/aromatic N) is 4. The zero-order valence-corrected chi connectivity index (χ0v) is 24.7. The fourth-order valence-electron chi connectivity index (χ4n) is 5.97. The fourth-order valence-corrected chi connectivity index (χ4v) is 5.97. The van der Waals surface area contributed by atoms with E-state index in [2.05, 4.69) is 20.5 Å². The van der Waals surface area contributed by atoms with Crippen molar-refractivity contribution in [1.29, 1.82) is 0 Å². The van der Waals surface area contributed by atoms with Crippen molar-refractivity contribution in [3.8, 4) is 5.75 Å². The number of nitrogens with one attached hydrogen (secondary N) is 2. The number of piperidine rings is 2. The van der Waals surface area contributed by atoms with Crippen LogP contribution in [-0.2, 0) is 22.3 Å². The largest absolute Gasteiger partial charge is 0.494 e. The van der Waals surface area contributed by atoms with E-state index in [1.54, 1.807) is 18.2 Å². The van der Waals surface area contributed by atoms with Gasteiger partial charge in [0.1, 0.15) is 23.0 Å². The molecule has 2 aromatic heterocycles. The first-order valence-electron chi connectivity index (χ1n) is 14.8. The maximum Gasteiger partial charge on any atom is 0.433 e. The Morgan fingerprint density at radius 2 is 1.87 bits per heavy atom. The summed E-state index contributed by atoms with van der Waals surface area (Å²) in [4.78, 5) is 42.1. The molecule has 2 aromatic carbocycles. The van der Waals surface area contributed by atoms with Gasteiger partial charge in [0.15, 0.2) is 0 Å². The van der Waals surface area contributed by atoms with Crippen molar-refractivity contribution < 1.29 is 36.7 Å². The fraction of sp³-hybridized carbons (Fsp3) is 0.344. The summed E-state index contributed by atoms with van der Waals surface area (Å²) in [5.74, 6) is -2.46. The number of hydrogen-bond donors (Lipinski definition) is 2. The summed E-state index contributed by atoms with van der Waals surface area (Å²) >= 11 is 0. The highest BCUT2D eigenvalue weighted by molar-refractivity contribution is 6.05. The van der Waals surface area contributed by atoms with Crippen molar-refractivity contribution in [3.05, 3.63) is 83.1 Å². The minimum Gasteiger partial charge on any atom is -0.494 e. The van der Waals surface area contributed by atoms with Crippen LogP contribution in [0.15, 0.2) is 54.7 Å². The molecule has 2 saturated heterocycles. The molecular formula is C32H30F4N6O4. The van der Waals surface area contributed by atoms with E-state index in [9.17, 15) is 31.9 Å². The first kappa shape index (κ1) is 31.1. The van der Waals surface area contributed by atoms with Crippen LogP contribution < -0.4 is 15.4 Å². The van der Waals surface area contributed by atoms with Crippen LogP contribution >= 0.6 is 0 Å². The Morgan fingerprint density at radius 3 is 2.57 bits per heavy atom. The molecule has 2 fully saturated rings. The van der Waals surface area contributed by atoms with Crippen LogP contribution in [0.2, 0.25) is 0 Å². The van der Waals surface area contributed by atoms with Crippen molar-refractivity contribution in [1.82, 2.24) is 25.0 Å². The van der Waals surface area contributed by atoms with Gasteiger partial charge in [0.05, 0.1) is 30.3 Å². The lowest BCUT2D eigenvalue weighted by atomic mass is 9.89. The van der Waals surface area contributed by atoms with Gasteiger partial charge in [-0.2, -0.15) is 18.3 Å². The quantitative estimate of drug-likeness (QED) is 0.211. The van der Waals surface area contributed by atoms with Crippen LogP contribution in [-0.4, -0.2) is 57.6 Å². The van der Waals surface area contributed by atoms with Gasteiger partial charge in [-0.15, -0.1) is 0 Å². The van der Waals surface area contributed by atoms with Crippen LogP contribution in [0.3, 0.4) is 0 Å². The van der Waals surface area contributed by atoms with E-state index in [-0.39, 0.29) is 36.2 Å². The van der Waals surface area contributed by atoms with E-state index >= 15 is 0 Å². The van der Waals surface area contributed by atoms with E-state index in [1.165, 1.54) is 19.2 Å². The zero-order chi connectivity index (χ0) is 32.6. The molecule has 0 radical (unpaired) electrons. The second kappa shape index (κ2) is 12.5. The number of ether oxygens (including phenoxy) is 1. The number of rotatable bonds is 7. The topological polar surface area (TPSA) is 118 Å². The molecule has 2 aliphatic heterocycles. The lowest BCUT2D eigenvalue weighted by molar-refractivity contribution is -0.141. The maximum absolute atomic E-state index is 15.0. The number of halogens is 4. The van der Waals surface area contributed by atoms with Crippen molar-refractivity contribution in [2.45, 2.75) is 50.4 Å². The highest BCUT2D eigenvalue weighted by Crippen LogP contribution is 2.33. The summed E-state index contributed by atoms with van der Waals surface area (Å²) in [5.41, 5.74) is 0.436. The molecule has 0 aliphatic carbocycles. The zero-order valence-electron chi connectivity index (χ0n) is 24.7. The smallest absolute Gasteiger partial charge is 0.433 e. The van der Waals surface area contributed by atoms with Crippen molar-refractivity contribution in [2.24, 2.45) is 0 Å². The Balaban J connectivity index is 1.10. The van der Waals surface area contributed by atoms with Gasteiger partial charge in [0, 0.05) is 49.3 Å². The number of alkyl halides is 3. The summed E-state index contributed by atoms with van der Waals surface area (Å²) in [6.07, 6.45) is -0.780. The Labute approximate surface area is 260 Å². The van der Waals surface area contributed by atoms with Crippen molar-refractivity contribution in [2.75, 3.05) is 25.5 Å². The van der Waals surface area contributed by atoms with Gasteiger partial charge in [-0.3, -0.25) is 29.3 Å². The van der Waals surface area contributed by atoms with E-state index in [4.69, 9.17) is 9.84 Å². The van der Waals surface area contributed by atoms with E-state index in [1.807, 2.05) is 16.9 Å². The Hall–Kier alpha value is -4.85. The number of likely N-dealkylation sites (tertiary alicyclic amines) is 1. The molecule has 6 rings (SSSR count). The Morgan fingerprint density at radius 1 is 1.09 bits per heavy atom. The minimum atomic E-state index is -4.68. The molecule has 3 amide bonds. The van der Waals surface area contributed by atoms with Gasteiger partial charge >= 0.3 is 6.18 Å². The summed E-state index contributed by atoms with van der Waals surface area (Å²) in [5, 5.41) is 10.3. The van der Waals surface area contributed by atoms with Crippen LogP contribution in [0.5, 0.6) is 5.75 Å². The number of fused-ring (bicyclic) bond motifs is 1. The summed E-state index contributed by atoms with van der Waals surface area (Å²) in [7, 11) is 1.42. The molecule has 2 aliphatic rings. The third-order valence-electron chi connectivity index (χ3n) is 8.38. The van der Waals surface area contributed by atoms with Gasteiger partial charge in [0.25, 0.3) is 5.91 Å². The first-order valence-corrected chi connectivity index (χ1v) is 14.8. The van der Waals surface area contributed by atoms with Crippen LogP contribution in [0.25, 0.3) is 10.9 Å². The molecule has 0 spiro atoms. The molecule has 10 nitrogen and oxygen atoms in total. The predicted molar refractivity (Wildman–Crippen MR) is 159 cm³/mol. The lowest BCUT2D eigenvalue weighted by Crippen LogP contribution is -2.39. The Bertz CT molecular complexity index is 1820. The van der Waals surface area contributed by atoms with Crippen LogP contribution in [0.1, 0.15) is 65.0 Å². The molecule has 4 heterocycles. The lowest BCUT2D eigenvalue weighted by Gasteiger charge is -2.32. The number of carbonyl (C=O) groups is 3. The highest BCUT2D eigenvalue weighted by Gasteiger charge is 2.33. The maximum atomic E-state index is 15.0. The SMILES string of the molecule is COc1cc2nn(C3CCN(Cc4ccc(C5CCC(=O)NC5=O)c(F)c4)CC3)cc2cc1NC(=O)c1cccc(C(F)(F)F)n1. The van der Waals surface area contributed by atoms with E-state index < -0.39 is 35.4 Å². The second-order valence-corrected chi connectivity index (χ2v) is 11.4. The van der Waals surface area contributed by atoms with Gasteiger partial charge in [-0.05, 0) is 49.1 Å². The molecule has 0 saturated carbocycles. The molecule has 14 heteroatoms. The molecule has 2 N–H and O–H groups in total. The van der Waals surface area contributed by atoms with E-state index in [0.29, 0.717) is 28.8 Å². The molecule has 240 valence electrons. The number of methoxy groups -OCH3 is 1. The second-order valence-electron chi connectivity index (χ2n) is 11.4. The number of hydrogen-bond acceptors (Lipinski definition) is 7. The molecular weight excluding hydrogens is 608 g/mol. The predicted octanol–water partition coefficient (Wildman–Crippen LogP) is 5.21. The summed E-state index contributed by atoms with van der Waals surface area (Å²) in [6.45, 7) is 2.03. The summed E-state index contributed by atoms with van der Waals surface area (Å²) < 4.78 is 61.5. The number of carbonyl (C=O) groups excluding carboxylic acids is 3. The third-order valence-corrected chi connectivity index (χ3v) is 8.38. The monoisotopic (exact) mass is 638 g/mol. The van der Waals surface area contributed by atoms with Crippen LogP contribution in [0, 0.1) is 5.82 Å².